The molecule has 1 rings (SSSR count). The molecular formula is C14H15NO. The second kappa shape index (κ2) is 5.71. The Morgan fingerprint density at radius 2 is 1.88 bits per heavy atom. The van der Waals surface area contributed by atoms with Crippen LogP contribution in [0.4, 0.5) is 0 Å². The molecule has 1 amide bonds. The Labute approximate surface area is 96.0 Å². The number of hydrogen-bond donors (Lipinski definition) is 1. The van der Waals surface area contributed by atoms with Crippen molar-refractivity contribution in [3.63, 3.8) is 0 Å². The summed E-state index contributed by atoms with van der Waals surface area (Å²) in [6, 6.07) is 7.40. The molecule has 0 aliphatic heterocycles. The van der Waals surface area contributed by atoms with Gasteiger partial charge in [-0.1, -0.05) is 49.6 Å². The van der Waals surface area contributed by atoms with Crippen LogP contribution < -0.4 is 5.32 Å². The average molecular weight is 213 g/mol. The molecule has 0 aliphatic rings. The average Bonchev–Trinajstić information content (AvgIpc) is 2.35. The monoisotopic (exact) mass is 213 g/mol. The molecular weight excluding hydrogens is 198 g/mol. The van der Waals surface area contributed by atoms with Crippen LogP contribution in [0, 0.1) is 0 Å². The predicted octanol–water partition coefficient (Wildman–Crippen LogP) is 2.80. The van der Waals surface area contributed by atoms with Crippen LogP contribution in [-0.2, 0) is 0 Å². The zero-order valence-corrected chi connectivity index (χ0v) is 9.36. The van der Waals surface area contributed by atoms with Gasteiger partial charge >= 0.3 is 0 Å². The lowest BCUT2D eigenvalue weighted by Crippen LogP contribution is -2.19. The smallest absolute Gasteiger partial charge is 0.251 e. The highest BCUT2D eigenvalue weighted by atomic mass is 16.1. The third kappa shape index (κ3) is 2.48. The minimum absolute atomic E-state index is 0.104. The van der Waals surface area contributed by atoms with Crippen LogP contribution in [0.25, 0.3) is 5.57 Å². The number of allylic oxidation sites excluding steroid dienone is 4. The first kappa shape index (κ1) is 12.0. The zero-order valence-electron chi connectivity index (χ0n) is 9.36. The molecule has 1 aromatic carbocycles. The lowest BCUT2D eigenvalue weighted by Gasteiger charge is -2.08. The van der Waals surface area contributed by atoms with Gasteiger partial charge in [-0.05, 0) is 17.2 Å². The summed E-state index contributed by atoms with van der Waals surface area (Å²) in [4.78, 5) is 11.7. The molecule has 2 heteroatoms. The van der Waals surface area contributed by atoms with E-state index < -0.39 is 0 Å². The van der Waals surface area contributed by atoms with Crippen LogP contribution in [0.5, 0.6) is 0 Å². The molecule has 0 aliphatic carbocycles. The van der Waals surface area contributed by atoms with Crippen molar-refractivity contribution >= 4 is 11.5 Å². The molecule has 0 aromatic heterocycles. The maximum atomic E-state index is 11.7. The van der Waals surface area contributed by atoms with E-state index >= 15 is 0 Å². The minimum Gasteiger partial charge on any atom is -0.355 e. The molecule has 0 heterocycles. The fourth-order valence-corrected chi connectivity index (χ4v) is 1.46. The second-order valence-electron chi connectivity index (χ2n) is 3.19. The van der Waals surface area contributed by atoms with Gasteiger partial charge in [-0.2, -0.15) is 0 Å². The highest BCUT2D eigenvalue weighted by Crippen LogP contribution is 2.20. The van der Waals surface area contributed by atoms with Crippen molar-refractivity contribution in [2.75, 3.05) is 7.05 Å². The van der Waals surface area contributed by atoms with Crippen LogP contribution in [0.3, 0.4) is 0 Å². The first-order valence-corrected chi connectivity index (χ1v) is 5.01. The van der Waals surface area contributed by atoms with Crippen LogP contribution in [0.1, 0.15) is 15.9 Å². The van der Waals surface area contributed by atoms with Crippen molar-refractivity contribution in [1.82, 2.24) is 5.32 Å². The van der Waals surface area contributed by atoms with E-state index in [1.54, 1.807) is 25.3 Å². The number of amides is 1. The Balaban J connectivity index is 3.32. The minimum atomic E-state index is -0.104. The third-order valence-corrected chi connectivity index (χ3v) is 2.23. The molecule has 0 atom stereocenters. The van der Waals surface area contributed by atoms with Gasteiger partial charge in [-0.25, -0.2) is 0 Å². The molecule has 0 radical (unpaired) electrons. The summed E-state index contributed by atoms with van der Waals surface area (Å²) >= 11 is 0. The van der Waals surface area contributed by atoms with Crippen molar-refractivity contribution in [3.05, 3.63) is 66.8 Å². The Morgan fingerprint density at radius 3 is 2.38 bits per heavy atom. The Bertz CT molecular complexity index is 444. The van der Waals surface area contributed by atoms with Crippen LogP contribution >= 0.6 is 0 Å². The van der Waals surface area contributed by atoms with E-state index in [1.165, 1.54) is 0 Å². The first-order valence-electron chi connectivity index (χ1n) is 5.01. The zero-order chi connectivity index (χ0) is 12.0. The summed E-state index contributed by atoms with van der Waals surface area (Å²) in [5.74, 6) is -0.104. The SMILES string of the molecule is C=C/C=C(\C=C)c1ccccc1C(=O)NC. The Kier molecular flexibility index (Phi) is 4.28. The summed E-state index contributed by atoms with van der Waals surface area (Å²) in [6.07, 6.45) is 5.22. The highest BCUT2D eigenvalue weighted by molar-refractivity contribution is 6.00. The molecule has 82 valence electrons. The van der Waals surface area contributed by atoms with Crippen LogP contribution in [-0.4, -0.2) is 13.0 Å². The van der Waals surface area contributed by atoms with Gasteiger partial charge in [-0.15, -0.1) is 0 Å². The Hall–Kier alpha value is -2.09. The highest BCUT2D eigenvalue weighted by Gasteiger charge is 2.10. The summed E-state index contributed by atoms with van der Waals surface area (Å²) in [7, 11) is 1.61. The van der Waals surface area contributed by atoms with Crippen molar-refractivity contribution in [1.29, 1.82) is 0 Å². The van der Waals surface area contributed by atoms with Crippen molar-refractivity contribution < 1.29 is 4.79 Å². The van der Waals surface area contributed by atoms with Crippen molar-refractivity contribution in [2.45, 2.75) is 0 Å². The molecule has 0 fully saturated rings. The fourth-order valence-electron chi connectivity index (χ4n) is 1.46. The van der Waals surface area contributed by atoms with E-state index in [0.29, 0.717) is 5.56 Å². The van der Waals surface area contributed by atoms with Gasteiger partial charge < -0.3 is 5.32 Å². The van der Waals surface area contributed by atoms with Gasteiger partial charge in [-0.3, -0.25) is 4.79 Å². The third-order valence-electron chi connectivity index (χ3n) is 2.23. The summed E-state index contributed by atoms with van der Waals surface area (Å²) in [5.41, 5.74) is 2.38. The second-order valence-corrected chi connectivity index (χ2v) is 3.19. The Morgan fingerprint density at radius 1 is 1.25 bits per heavy atom. The first-order chi connectivity index (χ1) is 7.74. The maximum absolute atomic E-state index is 11.7. The number of hydrogen-bond acceptors (Lipinski definition) is 1. The van der Waals surface area contributed by atoms with Crippen molar-refractivity contribution in [2.24, 2.45) is 0 Å². The van der Waals surface area contributed by atoms with E-state index in [2.05, 4.69) is 18.5 Å². The summed E-state index contributed by atoms with van der Waals surface area (Å²) in [6.45, 7) is 7.38. The number of rotatable bonds is 4. The van der Waals surface area contributed by atoms with E-state index in [9.17, 15) is 4.79 Å². The number of nitrogens with one attached hydrogen (secondary N) is 1. The van der Waals surface area contributed by atoms with Gasteiger partial charge in [0.05, 0.1) is 0 Å². The molecule has 0 saturated carbocycles. The molecule has 0 saturated heterocycles. The van der Waals surface area contributed by atoms with Gasteiger partial charge in [0.25, 0.3) is 5.91 Å². The largest absolute Gasteiger partial charge is 0.355 e. The van der Waals surface area contributed by atoms with Gasteiger partial charge in [0, 0.05) is 12.6 Å². The van der Waals surface area contributed by atoms with Gasteiger partial charge in [0.1, 0.15) is 0 Å². The number of carbonyl (C=O) groups is 1. The lowest BCUT2D eigenvalue weighted by atomic mass is 9.99. The quantitative estimate of drug-likeness (QED) is 0.765. The molecule has 0 unspecified atom stereocenters. The molecule has 1 aromatic rings. The fraction of sp³-hybridized carbons (Fsp3) is 0.0714. The van der Waals surface area contributed by atoms with E-state index in [0.717, 1.165) is 11.1 Å². The van der Waals surface area contributed by atoms with E-state index in [1.807, 2.05) is 24.3 Å². The predicted molar refractivity (Wildman–Crippen MR) is 68.2 cm³/mol. The van der Waals surface area contributed by atoms with Crippen molar-refractivity contribution in [3.8, 4) is 0 Å². The molecule has 16 heavy (non-hydrogen) atoms. The van der Waals surface area contributed by atoms with Crippen LogP contribution in [0.2, 0.25) is 0 Å². The van der Waals surface area contributed by atoms with Gasteiger partial charge in [0.15, 0.2) is 0 Å². The number of carbonyl (C=O) groups excluding carboxylic acids is 1. The summed E-state index contributed by atoms with van der Waals surface area (Å²) < 4.78 is 0. The van der Waals surface area contributed by atoms with Gasteiger partial charge in [0.2, 0.25) is 0 Å². The topological polar surface area (TPSA) is 29.1 Å². The van der Waals surface area contributed by atoms with E-state index in [4.69, 9.17) is 0 Å². The normalized spacial score (nSPS) is 10.7. The number of benzene rings is 1. The molecule has 0 spiro atoms. The summed E-state index contributed by atoms with van der Waals surface area (Å²) in [5, 5.41) is 2.62. The lowest BCUT2D eigenvalue weighted by molar-refractivity contribution is 0.0963. The molecule has 0 bridgehead atoms. The van der Waals surface area contributed by atoms with E-state index in [-0.39, 0.29) is 5.91 Å². The van der Waals surface area contributed by atoms with Crippen LogP contribution in [0.15, 0.2) is 55.7 Å². The molecule has 2 nitrogen and oxygen atoms in total. The standard InChI is InChI=1S/C14H15NO/c1-4-8-11(5-2)12-9-6-7-10-13(12)14(16)15-3/h4-10H,1-2H2,3H3,(H,15,16)/b11-8+. The maximum Gasteiger partial charge on any atom is 0.251 e. The molecule has 1 N–H and O–H groups in total.